The normalized spacial score (nSPS) is 30.4. The highest BCUT2D eigenvalue weighted by molar-refractivity contribution is 5.94. The quantitative estimate of drug-likeness (QED) is 0.675. The van der Waals surface area contributed by atoms with E-state index in [0.717, 1.165) is 53.9 Å². The van der Waals surface area contributed by atoms with Crippen LogP contribution in [0.5, 0.6) is 0 Å². The summed E-state index contributed by atoms with van der Waals surface area (Å²) in [4.78, 5) is 11.8. The van der Waals surface area contributed by atoms with Crippen molar-refractivity contribution < 1.29 is 14.3 Å². The summed E-state index contributed by atoms with van der Waals surface area (Å²) in [6, 6.07) is 0. The van der Waals surface area contributed by atoms with Crippen LogP contribution in [0.2, 0.25) is 0 Å². The summed E-state index contributed by atoms with van der Waals surface area (Å²) in [7, 11) is 1.72. The number of hydrogen-bond acceptors (Lipinski definition) is 3. The zero-order chi connectivity index (χ0) is 13.8. The van der Waals surface area contributed by atoms with Crippen molar-refractivity contribution in [3.05, 3.63) is 33.8 Å². The first-order valence-corrected chi connectivity index (χ1v) is 6.89. The maximum Gasteiger partial charge on any atom is 0.339 e. The van der Waals surface area contributed by atoms with Crippen LogP contribution in [-0.2, 0) is 14.3 Å². The molecule has 0 radical (unpaired) electrons. The molecule has 0 saturated heterocycles. The van der Waals surface area contributed by atoms with Gasteiger partial charge in [-0.05, 0) is 44.1 Å². The molecule has 19 heavy (non-hydrogen) atoms. The Morgan fingerprint density at radius 1 is 1.16 bits per heavy atom. The Labute approximate surface area is 114 Å². The van der Waals surface area contributed by atoms with E-state index in [1.54, 1.807) is 7.11 Å². The van der Waals surface area contributed by atoms with E-state index in [1.807, 2.05) is 6.92 Å². The number of carbonyl (C=O) groups is 1. The molecule has 0 aromatic carbocycles. The smallest absolute Gasteiger partial charge is 0.339 e. The molecule has 0 N–H and O–H groups in total. The number of allylic oxidation sites excluding steroid dienone is 4. The number of esters is 1. The van der Waals surface area contributed by atoms with Crippen molar-refractivity contribution in [3.63, 3.8) is 0 Å². The fraction of sp³-hybridized carbons (Fsp3) is 0.562. The highest BCUT2D eigenvalue weighted by Crippen LogP contribution is 2.54. The lowest BCUT2D eigenvalue weighted by molar-refractivity contribution is -0.133. The van der Waals surface area contributed by atoms with Crippen LogP contribution >= 0.6 is 0 Å². The monoisotopic (exact) mass is 260 g/mol. The van der Waals surface area contributed by atoms with Crippen molar-refractivity contribution in [2.75, 3.05) is 7.11 Å². The van der Waals surface area contributed by atoms with Crippen LogP contribution < -0.4 is 0 Å². The van der Waals surface area contributed by atoms with Crippen molar-refractivity contribution in [2.24, 2.45) is 5.41 Å². The van der Waals surface area contributed by atoms with Crippen LogP contribution in [0.4, 0.5) is 0 Å². The third-order valence-corrected chi connectivity index (χ3v) is 4.93. The molecule has 3 nitrogen and oxygen atoms in total. The molecule has 1 aliphatic heterocycles. The third kappa shape index (κ3) is 1.60. The minimum Gasteiger partial charge on any atom is -0.501 e. The molecule has 1 atom stereocenters. The van der Waals surface area contributed by atoms with Gasteiger partial charge in [0.25, 0.3) is 0 Å². The Balaban J connectivity index is 2.25. The van der Waals surface area contributed by atoms with Gasteiger partial charge in [-0.2, -0.15) is 0 Å². The van der Waals surface area contributed by atoms with Crippen LogP contribution in [0.25, 0.3) is 0 Å². The second kappa shape index (κ2) is 3.99. The first kappa shape index (κ1) is 12.5. The Bertz CT molecular complexity index is 563. The predicted molar refractivity (Wildman–Crippen MR) is 72.1 cm³/mol. The zero-order valence-corrected chi connectivity index (χ0v) is 12.1. The molecule has 1 heterocycles. The van der Waals surface area contributed by atoms with Crippen LogP contribution in [0.15, 0.2) is 33.8 Å². The first-order chi connectivity index (χ1) is 8.98. The summed E-state index contributed by atoms with van der Waals surface area (Å²) >= 11 is 0. The summed E-state index contributed by atoms with van der Waals surface area (Å²) in [5.74, 6) is 1.67. The molecule has 1 unspecified atom stereocenters. The standard InChI is InChI=1S/C16H20O3/c1-9-11-5-7-16(3)8-6-12(18-4)10(2)13(16)14(11)19-15(9)17/h5-8H2,1-4H3. The maximum atomic E-state index is 11.8. The van der Waals surface area contributed by atoms with Gasteiger partial charge in [0, 0.05) is 23.1 Å². The van der Waals surface area contributed by atoms with Crippen molar-refractivity contribution in [2.45, 2.75) is 46.5 Å². The Morgan fingerprint density at radius 2 is 1.84 bits per heavy atom. The highest BCUT2D eigenvalue weighted by atomic mass is 16.5. The van der Waals surface area contributed by atoms with Crippen molar-refractivity contribution >= 4 is 5.97 Å². The number of ether oxygens (including phenoxy) is 2. The third-order valence-electron chi connectivity index (χ3n) is 4.93. The highest BCUT2D eigenvalue weighted by Gasteiger charge is 2.45. The van der Waals surface area contributed by atoms with Crippen LogP contribution in [0, 0.1) is 5.41 Å². The van der Waals surface area contributed by atoms with Crippen molar-refractivity contribution in [3.8, 4) is 0 Å². The number of carbonyl (C=O) groups excluding carboxylic acids is 1. The van der Waals surface area contributed by atoms with Gasteiger partial charge in [-0.3, -0.25) is 0 Å². The zero-order valence-electron chi connectivity index (χ0n) is 12.1. The molecule has 102 valence electrons. The van der Waals surface area contributed by atoms with E-state index >= 15 is 0 Å². The van der Waals surface area contributed by atoms with E-state index in [4.69, 9.17) is 9.47 Å². The van der Waals surface area contributed by atoms with Gasteiger partial charge in [-0.15, -0.1) is 0 Å². The number of hydrogen-bond donors (Lipinski definition) is 0. The fourth-order valence-electron chi connectivity index (χ4n) is 3.67. The number of fused-ring (bicyclic) bond motifs is 2. The lowest BCUT2D eigenvalue weighted by Gasteiger charge is -2.41. The van der Waals surface area contributed by atoms with E-state index in [9.17, 15) is 4.79 Å². The molecule has 2 aliphatic carbocycles. The molecule has 0 bridgehead atoms. The lowest BCUT2D eigenvalue weighted by atomic mass is 9.64. The first-order valence-electron chi connectivity index (χ1n) is 6.89. The van der Waals surface area contributed by atoms with Crippen LogP contribution in [0.3, 0.4) is 0 Å². The minimum absolute atomic E-state index is 0.121. The molecular formula is C16H20O3. The van der Waals surface area contributed by atoms with Gasteiger partial charge in [0.1, 0.15) is 5.76 Å². The Hall–Kier alpha value is -1.51. The molecule has 0 fully saturated rings. The van der Waals surface area contributed by atoms with E-state index < -0.39 is 0 Å². The topological polar surface area (TPSA) is 35.5 Å². The van der Waals surface area contributed by atoms with Gasteiger partial charge in [-0.1, -0.05) is 6.92 Å². The lowest BCUT2D eigenvalue weighted by Crippen LogP contribution is -2.30. The predicted octanol–water partition coefficient (Wildman–Crippen LogP) is 3.63. The molecule has 0 amide bonds. The number of methoxy groups -OCH3 is 1. The van der Waals surface area contributed by atoms with Gasteiger partial charge >= 0.3 is 5.97 Å². The average Bonchev–Trinajstić information content (AvgIpc) is 2.65. The Kier molecular flexibility index (Phi) is 2.63. The molecule has 3 heteroatoms. The van der Waals surface area contributed by atoms with Crippen molar-refractivity contribution in [1.82, 2.24) is 0 Å². The second-order valence-electron chi connectivity index (χ2n) is 6.01. The van der Waals surface area contributed by atoms with Crippen LogP contribution in [-0.4, -0.2) is 13.1 Å². The molecule has 0 saturated carbocycles. The molecule has 3 rings (SSSR count). The van der Waals surface area contributed by atoms with E-state index in [2.05, 4.69) is 13.8 Å². The van der Waals surface area contributed by atoms with Gasteiger partial charge < -0.3 is 9.47 Å². The maximum absolute atomic E-state index is 11.8. The van der Waals surface area contributed by atoms with E-state index in [0.29, 0.717) is 0 Å². The van der Waals surface area contributed by atoms with Crippen LogP contribution in [0.1, 0.15) is 46.5 Å². The summed E-state index contributed by atoms with van der Waals surface area (Å²) in [5.41, 5.74) is 4.36. The molecular weight excluding hydrogens is 240 g/mol. The number of rotatable bonds is 1. The minimum atomic E-state index is -0.181. The van der Waals surface area contributed by atoms with E-state index in [-0.39, 0.29) is 11.4 Å². The molecule has 0 aromatic rings. The van der Waals surface area contributed by atoms with Crippen molar-refractivity contribution in [1.29, 1.82) is 0 Å². The van der Waals surface area contributed by atoms with Gasteiger partial charge in [0.15, 0.2) is 0 Å². The SMILES string of the molecule is COC1=C(C)C2=C3OC(=O)C(C)=C3CCC2(C)CC1. The largest absolute Gasteiger partial charge is 0.501 e. The summed E-state index contributed by atoms with van der Waals surface area (Å²) in [6.45, 7) is 6.24. The molecule has 0 spiro atoms. The Morgan fingerprint density at radius 3 is 2.53 bits per heavy atom. The summed E-state index contributed by atoms with van der Waals surface area (Å²) < 4.78 is 11.0. The van der Waals surface area contributed by atoms with Gasteiger partial charge in [-0.25, -0.2) is 4.79 Å². The average molecular weight is 260 g/mol. The summed E-state index contributed by atoms with van der Waals surface area (Å²) in [6.07, 6.45) is 4.07. The van der Waals surface area contributed by atoms with Gasteiger partial charge in [0.05, 0.1) is 12.9 Å². The fourth-order valence-corrected chi connectivity index (χ4v) is 3.67. The van der Waals surface area contributed by atoms with E-state index in [1.165, 1.54) is 5.57 Å². The summed E-state index contributed by atoms with van der Waals surface area (Å²) in [5, 5.41) is 0. The molecule has 3 aliphatic rings. The second-order valence-corrected chi connectivity index (χ2v) is 6.01. The molecule has 0 aromatic heterocycles. The van der Waals surface area contributed by atoms with Gasteiger partial charge in [0.2, 0.25) is 0 Å².